The summed E-state index contributed by atoms with van der Waals surface area (Å²) in [7, 11) is 0. The molecule has 1 heterocycles. The fourth-order valence-corrected chi connectivity index (χ4v) is 1.99. The summed E-state index contributed by atoms with van der Waals surface area (Å²) in [6.45, 7) is 11.5. The molecule has 2 rings (SSSR count). The minimum absolute atomic E-state index is 0.478. The number of fused-ring (bicyclic) bond motifs is 1. The lowest BCUT2D eigenvalue weighted by Gasteiger charge is -2.05. The van der Waals surface area contributed by atoms with Gasteiger partial charge in [-0.3, -0.25) is 0 Å². The summed E-state index contributed by atoms with van der Waals surface area (Å²) in [5.74, 6) is 1.05. The maximum absolute atomic E-state index is 5.92. The number of aryl methyl sites for hydroxylation is 3. The first-order chi connectivity index (χ1) is 7.99. The molecule has 0 aliphatic rings. The highest BCUT2D eigenvalue weighted by Gasteiger charge is 2.11. The first-order valence-corrected chi connectivity index (χ1v) is 6.21. The van der Waals surface area contributed by atoms with Crippen molar-refractivity contribution in [3.63, 3.8) is 0 Å². The lowest BCUT2D eigenvalue weighted by atomic mass is 10.1. The third-order valence-electron chi connectivity index (χ3n) is 3.32. The fourth-order valence-electron chi connectivity index (χ4n) is 1.99. The average Bonchev–Trinajstić information content (AvgIpc) is 2.54. The van der Waals surface area contributed by atoms with Crippen LogP contribution < -0.4 is 5.32 Å². The van der Waals surface area contributed by atoms with E-state index < -0.39 is 0 Å². The first kappa shape index (κ1) is 12.2. The van der Waals surface area contributed by atoms with E-state index in [1.807, 2.05) is 0 Å². The highest BCUT2D eigenvalue weighted by atomic mass is 16.3. The molecule has 1 aromatic carbocycles. The van der Waals surface area contributed by atoms with Crippen LogP contribution in [0.2, 0.25) is 0 Å². The number of furan rings is 1. The van der Waals surface area contributed by atoms with Gasteiger partial charge in [0.15, 0.2) is 0 Å². The van der Waals surface area contributed by atoms with E-state index in [2.05, 4.69) is 52.1 Å². The third-order valence-corrected chi connectivity index (χ3v) is 3.32. The van der Waals surface area contributed by atoms with E-state index in [4.69, 9.17) is 4.42 Å². The molecule has 0 aliphatic carbocycles. The summed E-state index contributed by atoms with van der Waals surface area (Å²) in [5.41, 5.74) is 4.88. The van der Waals surface area contributed by atoms with Gasteiger partial charge in [-0.1, -0.05) is 13.8 Å². The van der Waals surface area contributed by atoms with Crippen LogP contribution >= 0.6 is 0 Å². The molecular formula is C15H21NO. The smallest absolute Gasteiger partial charge is 0.134 e. The molecule has 92 valence electrons. The predicted octanol–water partition coefficient (Wildman–Crippen LogP) is 3.86. The lowest BCUT2D eigenvalue weighted by molar-refractivity contribution is 0.485. The summed E-state index contributed by atoms with van der Waals surface area (Å²) in [6, 6.07) is 4.84. The van der Waals surface area contributed by atoms with E-state index in [0.29, 0.717) is 6.04 Å². The Hall–Kier alpha value is -1.28. The molecule has 0 bridgehead atoms. The Kier molecular flexibility index (Phi) is 3.25. The normalized spacial score (nSPS) is 11.6. The molecule has 0 radical (unpaired) electrons. The van der Waals surface area contributed by atoms with Gasteiger partial charge in [0.1, 0.15) is 11.3 Å². The van der Waals surface area contributed by atoms with Crippen molar-refractivity contribution in [1.82, 2.24) is 5.32 Å². The molecule has 0 amide bonds. The standard InChI is InChI=1S/C15H21NO/c1-9(2)16-8-15-12(5)13-6-10(3)11(4)7-14(13)17-15/h6-7,9,16H,8H2,1-5H3. The van der Waals surface area contributed by atoms with Crippen LogP contribution in [0.15, 0.2) is 16.5 Å². The number of benzene rings is 1. The largest absolute Gasteiger partial charge is 0.459 e. The second-order valence-corrected chi connectivity index (χ2v) is 5.12. The minimum Gasteiger partial charge on any atom is -0.459 e. The topological polar surface area (TPSA) is 25.2 Å². The van der Waals surface area contributed by atoms with E-state index in [1.165, 1.54) is 22.1 Å². The Morgan fingerprint density at radius 1 is 1.12 bits per heavy atom. The van der Waals surface area contributed by atoms with Crippen LogP contribution in [0.3, 0.4) is 0 Å². The Bertz CT molecular complexity index is 537. The average molecular weight is 231 g/mol. The van der Waals surface area contributed by atoms with Crippen molar-refractivity contribution in [2.75, 3.05) is 0 Å². The van der Waals surface area contributed by atoms with Gasteiger partial charge in [-0.25, -0.2) is 0 Å². The Morgan fingerprint density at radius 3 is 2.41 bits per heavy atom. The van der Waals surface area contributed by atoms with Gasteiger partial charge >= 0.3 is 0 Å². The van der Waals surface area contributed by atoms with Gasteiger partial charge in [0.25, 0.3) is 0 Å². The quantitative estimate of drug-likeness (QED) is 0.867. The molecule has 2 aromatic rings. The van der Waals surface area contributed by atoms with Crippen LogP contribution in [-0.2, 0) is 6.54 Å². The van der Waals surface area contributed by atoms with Crippen molar-refractivity contribution in [2.24, 2.45) is 0 Å². The molecular weight excluding hydrogens is 210 g/mol. The van der Waals surface area contributed by atoms with Gasteiger partial charge in [-0.2, -0.15) is 0 Å². The summed E-state index contributed by atoms with van der Waals surface area (Å²) in [5, 5.41) is 4.64. The second kappa shape index (κ2) is 4.53. The zero-order chi connectivity index (χ0) is 12.6. The summed E-state index contributed by atoms with van der Waals surface area (Å²) in [6.07, 6.45) is 0. The molecule has 0 saturated heterocycles. The van der Waals surface area contributed by atoms with E-state index >= 15 is 0 Å². The molecule has 0 aliphatic heterocycles. The number of rotatable bonds is 3. The van der Waals surface area contributed by atoms with Gasteiger partial charge in [0.2, 0.25) is 0 Å². The minimum atomic E-state index is 0.478. The van der Waals surface area contributed by atoms with Crippen molar-refractivity contribution >= 4 is 11.0 Å². The van der Waals surface area contributed by atoms with Crippen molar-refractivity contribution in [1.29, 1.82) is 0 Å². The molecule has 1 N–H and O–H groups in total. The molecule has 0 unspecified atom stereocenters. The summed E-state index contributed by atoms with van der Waals surface area (Å²) >= 11 is 0. The van der Waals surface area contributed by atoms with Gasteiger partial charge < -0.3 is 9.73 Å². The third kappa shape index (κ3) is 2.37. The number of hydrogen-bond acceptors (Lipinski definition) is 2. The fraction of sp³-hybridized carbons (Fsp3) is 0.467. The molecule has 0 spiro atoms. The van der Waals surface area contributed by atoms with Crippen LogP contribution in [-0.4, -0.2) is 6.04 Å². The van der Waals surface area contributed by atoms with Crippen LogP contribution in [0.25, 0.3) is 11.0 Å². The van der Waals surface area contributed by atoms with Crippen LogP contribution in [0.5, 0.6) is 0 Å². The Labute approximate surface area is 103 Å². The van der Waals surface area contributed by atoms with Crippen LogP contribution in [0.1, 0.15) is 36.3 Å². The van der Waals surface area contributed by atoms with Crippen molar-refractivity contribution in [3.05, 3.63) is 34.6 Å². The van der Waals surface area contributed by atoms with Crippen LogP contribution in [0.4, 0.5) is 0 Å². The molecule has 0 atom stereocenters. The predicted molar refractivity (Wildman–Crippen MR) is 72.4 cm³/mol. The molecule has 2 heteroatoms. The molecule has 1 aromatic heterocycles. The van der Waals surface area contributed by atoms with Gasteiger partial charge in [0, 0.05) is 11.4 Å². The van der Waals surface area contributed by atoms with E-state index in [9.17, 15) is 0 Å². The molecule has 2 nitrogen and oxygen atoms in total. The van der Waals surface area contributed by atoms with Crippen LogP contribution in [0, 0.1) is 20.8 Å². The Morgan fingerprint density at radius 2 is 1.76 bits per heavy atom. The van der Waals surface area contributed by atoms with Gasteiger partial charge in [0.05, 0.1) is 6.54 Å². The SMILES string of the molecule is Cc1cc2oc(CNC(C)C)c(C)c2cc1C. The number of hydrogen-bond donors (Lipinski definition) is 1. The highest BCUT2D eigenvalue weighted by Crippen LogP contribution is 2.27. The molecule has 0 fully saturated rings. The highest BCUT2D eigenvalue weighted by molar-refractivity contribution is 5.83. The van der Waals surface area contributed by atoms with Gasteiger partial charge in [-0.15, -0.1) is 0 Å². The maximum atomic E-state index is 5.92. The van der Waals surface area contributed by atoms with Gasteiger partial charge in [-0.05, 0) is 49.6 Å². The zero-order valence-electron chi connectivity index (χ0n) is 11.3. The van der Waals surface area contributed by atoms with Crippen molar-refractivity contribution < 1.29 is 4.42 Å². The monoisotopic (exact) mass is 231 g/mol. The summed E-state index contributed by atoms with van der Waals surface area (Å²) in [4.78, 5) is 0. The maximum Gasteiger partial charge on any atom is 0.134 e. The summed E-state index contributed by atoms with van der Waals surface area (Å²) < 4.78 is 5.92. The van der Waals surface area contributed by atoms with Crippen molar-refractivity contribution in [3.8, 4) is 0 Å². The van der Waals surface area contributed by atoms with E-state index in [-0.39, 0.29) is 0 Å². The Balaban J connectivity index is 2.42. The number of nitrogens with one attached hydrogen (secondary N) is 1. The zero-order valence-corrected chi connectivity index (χ0v) is 11.3. The lowest BCUT2D eigenvalue weighted by Crippen LogP contribution is -2.21. The first-order valence-electron chi connectivity index (χ1n) is 6.21. The second-order valence-electron chi connectivity index (χ2n) is 5.12. The van der Waals surface area contributed by atoms with E-state index in [1.54, 1.807) is 0 Å². The molecule has 17 heavy (non-hydrogen) atoms. The van der Waals surface area contributed by atoms with Crippen molar-refractivity contribution in [2.45, 2.75) is 47.2 Å². The van der Waals surface area contributed by atoms with E-state index in [0.717, 1.165) is 17.9 Å². The molecule has 0 saturated carbocycles.